The van der Waals surface area contributed by atoms with Crippen LogP contribution in [-0.4, -0.2) is 113 Å². The van der Waals surface area contributed by atoms with Crippen molar-refractivity contribution in [3.05, 3.63) is 47.3 Å². The summed E-state index contributed by atoms with van der Waals surface area (Å²) in [7, 11) is 0. The van der Waals surface area contributed by atoms with Gasteiger partial charge < -0.3 is 29.3 Å². The number of piperazine rings is 1. The third kappa shape index (κ3) is 4.87. The van der Waals surface area contributed by atoms with Crippen molar-refractivity contribution in [1.82, 2.24) is 19.7 Å². The van der Waals surface area contributed by atoms with Crippen LogP contribution in [0.2, 0.25) is 5.02 Å². The van der Waals surface area contributed by atoms with Crippen LogP contribution in [0.3, 0.4) is 0 Å². The van der Waals surface area contributed by atoms with E-state index in [1.54, 1.807) is 9.80 Å². The van der Waals surface area contributed by atoms with Crippen LogP contribution in [0, 0.1) is 5.82 Å². The van der Waals surface area contributed by atoms with Gasteiger partial charge in [-0.1, -0.05) is 24.2 Å². The number of ether oxygens (including phenoxy) is 2. The van der Waals surface area contributed by atoms with Crippen molar-refractivity contribution in [3.8, 4) is 22.8 Å². The molecule has 1 unspecified atom stereocenters. The van der Waals surface area contributed by atoms with Crippen LogP contribution < -0.4 is 9.64 Å². The van der Waals surface area contributed by atoms with Crippen molar-refractivity contribution in [3.63, 3.8) is 0 Å². The number of amides is 2. The van der Waals surface area contributed by atoms with Gasteiger partial charge in [-0.25, -0.2) is 9.37 Å². The number of pyridine rings is 1. The van der Waals surface area contributed by atoms with Gasteiger partial charge in [0.25, 0.3) is 5.91 Å². The summed E-state index contributed by atoms with van der Waals surface area (Å²) in [6, 6.07) is 3.75. The molecule has 3 saturated heterocycles. The number of morpholine rings is 1. The Balaban J connectivity index is 1.49. The van der Waals surface area contributed by atoms with E-state index in [1.165, 1.54) is 24.3 Å². The molecule has 10 nitrogen and oxygen atoms in total. The summed E-state index contributed by atoms with van der Waals surface area (Å²) in [6.45, 7) is 12.3. The molecule has 5 heterocycles. The zero-order chi connectivity index (χ0) is 29.8. The Bertz CT molecular complexity index is 1410. The van der Waals surface area contributed by atoms with Gasteiger partial charge in [0.1, 0.15) is 40.3 Å². The number of hydrogen-bond donors (Lipinski definition) is 1. The van der Waals surface area contributed by atoms with Crippen LogP contribution in [0.15, 0.2) is 30.9 Å². The molecule has 1 N–H and O–H groups in total. The first-order valence-corrected chi connectivity index (χ1v) is 14.6. The molecule has 4 aliphatic rings. The average Bonchev–Trinajstić information content (AvgIpc) is 3.22. The van der Waals surface area contributed by atoms with Crippen LogP contribution in [0.5, 0.6) is 11.5 Å². The average molecular weight is 600 g/mol. The number of carbonyl (C=O) groups excluding carboxylic acids is 2. The van der Waals surface area contributed by atoms with Crippen molar-refractivity contribution in [2.45, 2.75) is 37.9 Å². The number of aromatic hydroxyl groups is 1. The van der Waals surface area contributed by atoms with Crippen molar-refractivity contribution in [2.75, 3.05) is 64.0 Å². The van der Waals surface area contributed by atoms with Crippen molar-refractivity contribution < 1.29 is 28.6 Å². The highest BCUT2D eigenvalue weighted by molar-refractivity contribution is 6.35. The van der Waals surface area contributed by atoms with E-state index in [1.807, 2.05) is 0 Å². The summed E-state index contributed by atoms with van der Waals surface area (Å²) < 4.78 is 27.1. The molecular weight excluding hydrogens is 565 g/mol. The van der Waals surface area contributed by atoms with E-state index in [0.717, 1.165) is 19.5 Å². The van der Waals surface area contributed by atoms with E-state index in [4.69, 9.17) is 26.1 Å². The molecule has 2 atom stereocenters. The Morgan fingerprint density at radius 1 is 1.17 bits per heavy atom. The van der Waals surface area contributed by atoms with Gasteiger partial charge in [-0.3, -0.25) is 14.5 Å². The van der Waals surface area contributed by atoms with Crippen LogP contribution in [0.4, 0.5) is 10.2 Å². The van der Waals surface area contributed by atoms with Gasteiger partial charge in [-0.2, -0.15) is 0 Å². The molecule has 0 spiro atoms. The summed E-state index contributed by atoms with van der Waals surface area (Å²) in [5.41, 5.74) is -0.370. The number of rotatable bonds is 4. The van der Waals surface area contributed by atoms with E-state index in [0.29, 0.717) is 38.7 Å². The first-order valence-electron chi connectivity index (χ1n) is 14.3. The summed E-state index contributed by atoms with van der Waals surface area (Å²) in [5.74, 6) is -1.10. The molecule has 4 aliphatic heterocycles. The minimum atomic E-state index is -0.696. The van der Waals surface area contributed by atoms with Crippen molar-refractivity contribution in [1.29, 1.82) is 0 Å². The zero-order valence-corrected chi connectivity index (χ0v) is 24.6. The van der Waals surface area contributed by atoms with E-state index in [-0.39, 0.29) is 64.4 Å². The Morgan fingerprint density at radius 3 is 2.64 bits per heavy atom. The number of phenols is 1. The highest BCUT2D eigenvalue weighted by Gasteiger charge is 2.46. The third-order valence-corrected chi connectivity index (χ3v) is 9.20. The molecule has 3 fully saturated rings. The van der Waals surface area contributed by atoms with Crippen LogP contribution >= 0.6 is 11.6 Å². The number of hydrogen-bond acceptors (Lipinski definition) is 8. The first-order chi connectivity index (χ1) is 20.1. The molecule has 0 saturated carbocycles. The first kappa shape index (κ1) is 28.7. The molecule has 0 radical (unpaired) electrons. The normalized spacial score (nSPS) is 24.1. The van der Waals surface area contributed by atoms with Crippen LogP contribution in [-0.2, 0) is 9.53 Å². The molecule has 0 aliphatic carbocycles. The quantitative estimate of drug-likeness (QED) is 0.535. The molecule has 12 heteroatoms. The Hall–Kier alpha value is -3.41. The predicted octanol–water partition coefficient (Wildman–Crippen LogP) is 3.17. The van der Waals surface area contributed by atoms with E-state index < -0.39 is 17.4 Å². The number of fused-ring (bicyclic) bond motifs is 2. The van der Waals surface area contributed by atoms with Gasteiger partial charge in [-0.15, -0.1) is 0 Å². The minimum absolute atomic E-state index is 0.00257. The van der Waals surface area contributed by atoms with E-state index in [9.17, 15) is 14.7 Å². The number of phenolic OH excluding ortho intramolecular Hbond substituents is 1. The fourth-order valence-electron chi connectivity index (χ4n) is 6.65. The number of nitrogens with zero attached hydrogens (tertiary/aromatic N) is 5. The Kier molecular flexibility index (Phi) is 7.53. The molecule has 224 valence electrons. The second-order valence-corrected chi connectivity index (χ2v) is 12.2. The fourth-order valence-corrected chi connectivity index (χ4v) is 6.94. The van der Waals surface area contributed by atoms with Gasteiger partial charge in [0.05, 0.1) is 24.8 Å². The SMILES string of the molecule is C=CC(=O)N1CCN2C(=O)c3c(N4CC(N5CCOCC5)CC4(C)C)nc(-c4c(O)cccc4F)c(Cl)c3OC[C@H]2C1. The summed E-state index contributed by atoms with van der Waals surface area (Å²) in [5, 5.41) is 10.6. The lowest BCUT2D eigenvalue weighted by Crippen LogP contribution is -2.57. The fraction of sp³-hybridized carbons (Fsp3) is 0.500. The van der Waals surface area contributed by atoms with Gasteiger partial charge in [0.2, 0.25) is 5.91 Å². The van der Waals surface area contributed by atoms with Crippen molar-refractivity contribution >= 4 is 29.2 Å². The standard InChI is InChI=1S/C30H35ClFN5O5/c1-4-22(39)35-8-9-36-19(15-35)17-42-27-24(29(36)40)28(33-26(25(27)31)23-20(32)6-5-7-21(23)38)37-16-18(14-30(37,2)3)34-10-12-41-13-11-34/h4-7,18-19,38H,1,8-17H2,2-3H3/t18?,19-/m1/s1. The Morgan fingerprint density at radius 2 is 1.93 bits per heavy atom. The maximum Gasteiger partial charge on any atom is 0.261 e. The number of anilines is 1. The maximum atomic E-state index is 15.2. The van der Waals surface area contributed by atoms with Crippen LogP contribution in [0.1, 0.15) is 30.6 Å². The molecule has 6 rings (SSSR count). The number of halogens is 2. The third-order valence-electron chi connectivity index (χ3n) is 8.84. The molecule has 2 amide bonds. The van der Waals surface area contributed by atoms with Gasteiger partial charge in [0.15, 0.2) is 5.75 Å². The summed E-state index contributed by atoms with van der Waals surface area (Å²) >= 11 is 6.89. The molecule has 0 bridgehead atoms. The maximum absolute atomic E-state index is 15.2. The highest BCUT2D eigenvalue weighted by Crippen LogP contribution is 2.48. The molecule has 1 aromatic heterocycles. The molecule has 42 heavy (non-hydrogen) atoms. The second-order valence-electron chi connectivity index (χ2n) is 11.8. The molecule has 2 aromatic rings. The van der Waals surface area contributed by atoms with Gasteiger partial charge in [0, 0.05) is 50.8 Å². The van der Waals surface area contributed by atoms with E-state index >= 15 is 4.39 Å². The molecule has 1 aromatic carbocycles. The summed E-state index contributed by atoms with van der Waals surface area (Å²) in [6.07, 6.45) is 2.07. The zero-order valence-electron chi connectivity index (χ0n) is 23.8. The minimum Gasteiger partial charge on any atom is -0.507 e. The lowest BCUT2D eigenvalue weighted by molar-refractivity contribution is -0.128. The lowest BCUT2D eigenvalue weighted by Gasteiger charge is -2.40. The number of benzene rings is 1. The monoisotopic (exact) mass is 599 g/mol. The second kappa shape index (κ2) is 11.0. The van der Waals surface area contributed by atoms with Gasteiger partial charge >= 0.3 is 0 Å². The smallest absolute Gasteiger partial charge is 0.261 e. The summed E-state index contributed by atoms with van der Waals surface area (Å²) in [4.78, 5) is 39.4. The van der Waals surface area contributed by atoms with Crippen molar-refractivity contribution in [2.24, 2.45) is 0 Å². The largest absolute Gasteiger partial charge is 0.507 e. The van der Waals surface area contributed by atoms with E-state index in [2.05, 4.69) is 30.2 Å². The predicted molar refractivity (Wildman–Crippen MR) is 156 cm³/mol. The van der Waals surface area contributed by atoms with Gasteiger partial charge in [-0.05, 0) is 38.5 Å². The molecular formula is C30H35ClFN5O5. The Labute approximate surface area is 249 Å². The number of aromatic nitrogens is 1. The highest BCUT2D eigenvalue weighted by atomic mass is 35.5. The number of carbonyl (C=O) groups is 2. The topological polar surface area (TPSA) is 98.7 Å². The lowest BCUT2D eigenvalue weighted by atomic mass is 9.98. The van der Waals surface area contributed by atoms with Crippen LogP contribution in [0.25, 0.3) is 11.3 Å².